The Kier molecular flexibility index (Phi) is 5.44. The van der Waals surface area contributed by atoms with Gasteiger partial charge >= 0.3 is 5.97 Å². The van der Waals surface area contributed by atoms with Crippen molar-refractivity contribution >= 4 is 20.2 Å². The summed E-state index contributed by atoms with van der Waals surface area (Å²) in [5.41, 5.74) is 0.929. The molecule has 0 radical (unpaired) electrons. The normalized spacial score (nSPS) is 22.5. The molecule has 1 amide bonds. The smallest absolute Gasteiger partial charge is 0.327 e. The SMILES string of the molecule is C[C@@H](O[Si](C)(C)C(C)(C)C)[C@H]1C(=O)N(Cc2ccccc2)[C@@H]1C(=O)O. The zero-order valence-electron chi connectivity index (χ0n) is 15.9. The van der Waals surface area contributed by atoms with Crippen LogP contribution < -0.4 is 0 Å². The number of carbonyl (C=O) groups excluding carboxylic acids is 1. The van der Waals surface area contributed by atoms with E-state index in [0.717, 1.165) is 5.56 Å². The van der Waals surface area contributed by atoms with Gasteiger partial charge in [0.1, 0.15) is 6.04 Å². The molecule has 1 fully saturated rings. The number of hydrogen-bond donors (Lipinski definition) is 1. The Labute approximate surface area is 151 Å². The Bertz CT molecular complexity index is 639. The van der Waals surface area contributed by atoms with Gasteiger partial charge in [-0.3, -0.25) is 4.79 Å². The van der Waals surface area contributed by atoms with E-state index < -0.39 is 32.4 Å². The van der Waals surface area contributed by atoms with Crippen molar-refractivity contribution in [2.24, 2.45) is 5.92 Å². The average molecular weight is 364 g/mol. The molecule has 1 aliphatic rings. The Balaban J connectivity index is 2.14. The van der Waals surface area contributed by atoms with Gasteiger partial charge in [-0.05, 0) is 30.6 Å². The van der Waals surface area contributed by atoms with E-state index in [0.29, 0.717) is 6.54 Å². The highest BCUT2D eigenvalue weighted by atomic mass is 28.4. The second-order valence-corrected chi connectivity index (χ2v) is 13.1. The predicted octanol–water partition coefficient (Wildman–Crippen LogP) is 3.51. The third-order valence-corrected chi connectivity index (χ3v) is 10.1. The van der Waals surface area contributed by atoms with Crippen LogP contribution in [0.15, 0.2) is 30.3 Å². The van der Waals surface area contributed by atoms with E-state index in [2.05, 4.69) is 33.9 Å². The van der Waals surface area contributed by atoms with Crippen LogP contribution in [0.1, 0.15) is 33.3 Å². The zero-order chi connectivity index (χ0) is 19.0. The molecule has 1 saturated heterocycles. The molecule has 3 atom stereocenters. The third kappa shape index (κ3) is 3.95. The van der Waals surface area contributed by atoms with E-state index in [1.807, 2.05) is 37.3 Å². The molecule has 0 saturated carbocycles. The molecule has 0 bridgehead atoms. The first kappa shape index (κ1) is 19.7. The number of carbonyl (C=O) groups is 2. The van der Waals surface area contributed by atoms with E-state index >= 15 is 0 Å². The summed E-state index contributed by atoms with van der Waals surface area (Å²) in [6.45, 7) is 12.8. The summed E-state index contributed by atoms with van der Waals surface area (Å²) in [5.74, 6) is -1.72. The third-order valence-electron chi connectivity index (χ3n) is 5.49. The molecule has 0 aliphatic carbocycles. The topological polar surface area (TPSA) is 66.8 Å². The van der Waals surface area contributed by atoms with Crippen LogP contribution in [0, 0.1) is 5.92 Å². The molecule has 1 aliphatic heterocycles. The first-order valence-corrected chi connectivity index (χ1v) is 11.6. The highest BCUT2D eigenvalue weighted by Gasteiger charge is 2.55. The molecule has 1 aromatic rings. The number of nitrogens with zero attached hydrogens (tertiary/aromatic N) is 1. The monoisotopic (exact) mass is 363 g/mol. The van der Waals surface area contributed by atoms with Crippen molar-refractivity contribution in [1.82, 2.24) is 4.90 Å². The number of benzene rings is 1. The molecule has 2 rings (SSSR count). The highest BCUT2D eigenvalue weighted by molar-refractivity contribution is 6.74. The number of amides is 1. The van der Waals surface area contributed by atoms with Crippen LogP contribution in [0.2, 0.25) is 18.1 Å². The largest absolute Gasteiger partial charge is 0.480 e. The number of carboxylic acids is 1. The fourth-order valence-electron chi connectivity index (χ4n) is 2.99. The van der Waals surface area contributed by atoms with Gasteiger partial charge in [-0.1, -0.05) is 51.1 Å². The summed E-state index contributed by atoms with van der Waals surface area (Å²) in [7, 11) is -2.07. The molecule has 5 nitrogen and oxygen atoms in total. The van der Waals surface area contributed by atoms with Crippen molar-refractivity contribution in [1.29, 1.82) is 0 Å². The molecule has 1 heterocycles. The molecule has 0 aromatic heterocycles. The predicted molar refractivity (Wildman–Crippen MR) is 99.6 cm³/mol. The number of carboxylic acid groups (broad SMARTS) is 1. The van der Waals surface area contributed by atoms with Crippen molar-refractivity contribution < 1.29 is 19.1 Å². The second kappa shape index (κ2) is 6.92. The van der Waals surface area contributed by atoms with Crippen molar-refractivity contribution in [3.63, 3.8) is 0 Å². The van der Waals surface area contributed by atoms with Crippen molar-refractivity contribution in [2.45, 2.75) is 64.5 Å². The molecular weight excluding hydrogens is 334 g/mol. The second-order valence-electron chi connectivity index (χ2n) is 8.34. The summed E-state index contributed by atoms with van der Waals surface area (Å²) < 4.78 is 6.28. The maximum absolute atomic E-state index is 12.7. The van der Waals surface area contributed by atoms with Crippen LogP contribution >= 0.6 is 0 Å². The average Bonchev–Trinajstić information content (AvgIpc) is 2.48. The minimum absolute atomic E-state index is 0.0104. The van der Waals surface area contributed by atoms with Crippen LogP contribution in [-0.2, 0) is 20.6 Å². The molecule has 1 aromatic carbocycles. The van der Waals surface area contributed by atoms with E-state index in [-0.39, 0.29) is 10.9 Å². The van der Waals surface area contributed by atoms with Crippen molar-refractivity contribution in [3.8, 4) is 0 Å². The maximum Gasteiger partial charge on any atom is 0.327 e. The van der Waals surface area contributed by atoms with Crippen LogP contribution in [0.5, 0.6) is 0 Å². The highest BCUT2D eigenvalue weighted by Crippen LogP contribution is 2.40. The number of β-lactam (4-membered cyclic amide) rings is 1. The first-order valence-electron chi connectivity index (χ1n) is 8.71. The molecular formula is C19H29NO4Si. The van der Waals surface area contributed by atoms with Crippen molar-refractivity contribution in [3.05, 3.63) is 35.9 Å². The maximum atomic E-state index is 12.7. The number of aliphatic carboxylic acids is 1. The van der Waals surface area contributed by atoms with Crippen LogP contribution in [0.4, 0.5) is 0 Å². The quantitative estimate of drug-likeness (QED) is 0.620. The van der Waals surface area contributed by atoms with Gasteiger partial charge < -0.3 is 14.4 Å². The summed E-state index contributed by atoms with van der Waals surface area (Å²) in [6, 6.07) is 8.64. The Morgan fingerprint density at radius 2 is 1.84 bits per heavy atom. The Morgan fingerprint density at radius 1 is 1.28 bits per heavy atom. The first-order chi connectivity index (χ1) is 11.5. The Hall–Kier alpha value is -1.66. The lowest BCUT2D eigenvalue weighted by molar-refractivity contribution is -0.177. The van der Waals surface area contributed by atoms with Gasteiger partial charge in [0.15, 0.2) is 8.32 Å². The molecule has 6 heteroatoms. The minimum atomic E-state index is -2.07. The molecule has 0 unspecified atom stereocenters. The van der Waals surface area contributed by atoms with E-state index in [4.69, 9.17) is 4.43 Å². The van der Waals surface area contributed by atoms with E-state index in [1.165, 1.54) is 4.90 Å². The fraction of sp³-hybridized carbons (Fsp3) is 0.579. The summed E-state index contributed by atoms with van der Waals surface area (Å²) >= 11 is 0. The van der Waals surface area contributed by atoms with Gasteiger partial charge in [-0.15, -0.1) is 0 Å². The van der Waals surface area contributed by atoms with Crippen molar-refractivity contribution in [2.75, 3.05) is 0 Å². The molecule has 138 valence electrons. The van der Waals surface area contributed by atoms with Crippen LogP contribution in [0.25, 0.3) is 0 Å². The summed E-state index contributed by atoms with van der Waals surface area (Å²) in [6.07, 6.45) is -0.401. The molecule has 0 spiro atoms. The lowest BCUT2D eigenvalue weighted by Crippen LogP contribution is -2.67. The number of hydrogen-bond acceptors (Lipinski definition) is 3. The Morgan fingerprint density at radius 3 is 2.32 bits per heavy atom. The van der Waals surface area contributed by atoms with Gasteiger partial charge in [0.2, 0.25) is 5.91 Å². The van der Waals surface area contributed by atoms with Gasteiger partial charge in [0, 0.05) is 6.54 Å². The summed E-state index contributed by atoms with van der Waals surface area (Å²) in [4.78, 5) is 25.9. The van der Waals surface area contributed by atoms with E-state index in [1.54, 1.807) is 0 Å². The lowest BCUT2D eigenvalue weighted by Gasteiger charge is -2.49. The molecule has 1 N–H and O–H groups in total. The zero-order valence-corrected chi connectivity index (χ0v) is 16.9. The van der Waals surface area contributed by atoms with Gasteiger partial charge in [-0.25, -0.2) is 4.79 Å². The van der Waals surface area contributed by atoms with Gasteiger partial charge in [0.05, 0.1) is 12.0 Å². The van der Waals surface area contributed by atoms with Crippen LogP contribution in [0.3, 0.4) is 0 Å². The van der Waals surface area contributed by atoms with E-state index in [9.17, 15) is 14.7 Å². The number of rotatable bonds is 6. The standard InChI is InChI=1S/C19H29NO4Si/c1-13(24-25(5,6)19(2,3)4)15-16(18(22)23)20(17(15)21)12-14-10-8-7-9-11-14/h7-11,13,15-16H,12H2,1-6H3,(H,22,23)/t13-,15-,16+/m1/s1. The lowest BCUT2D eigenvalue weighted by atomic mass is 9.83. The van der Waals surface area contributed by atoms with Crippen LogP contribution in [-0.4, -0.2) is 42.3 Å². The van der Waals surface area contributed by atoms with Gasteiger partial charge in [-0.2, -0.15) is 0 Å². The molecule has 25 heavy (non-hydrogen) atoms. The van der Waals surface area contributed by atoms with Gasteiger partial charge in [0.25, 0.3) is 0 Å². The number of likely N-dealkylation sites (tertiary alicyclic amines) is 1. The fourth-order valence-corrected chi connectivity index (χ4v) is 4.42. The summed E-state index contributed by atoms with van der Waals surface area (Å²) in [5, 5.41) is 9.65. The minimum Gasteiger partial charge on any atom is -0.480 e.